The van der Waals surface area contributed by atoms with E-state index in [0.717, 1.165) is 22.2 Å². The molecule has 0 saturated carbocycles. The highest BCUT2D eigenvalue weighted by molar-refractivity contribution is 8.26. The molecule has 2 heterocycles. The van der Waals surface area contributed by atoms with Gasteiger partial charge in [-0.25, -0.2) is 0 Å². The number of benzene rings is 1. The van der Waals surface area contributed by atoms with Gasteiger partial charge in [0.25, 0.3) is 5.91 Å². The molecule has 3 rings (SSSR count). The minimum absolute atomic E-state index is 0.130. The highest BCUT2D eigenvalue weighted by Crippen LogP contribution is 2.33. The topological polar surface area (TPSA) is 73.6 Å². The van der Waals surface area contributed by atoms with Crippen molar-refractivity contribution in [3.05, 3.63) is 77.1 Å². The van der Waals surface area contributed by atoms with Crippen molar-refractivity contribution in [3.63, 3.8) is 0 Å². The summed E-state index contributed by atoms with van der Waals surface area (Å²) in [7, 11) is 0. The summed E-state index contributed by atoms with van der Waals surface area (Å²) < 4.78 is 5.38. The Morgan fingerprint density at radius 2 is 2.04 bits per heavy atom. The Hall–Kier alpha value is -2.64. The molecule has 1 aliphatic rings. The van der Waals surface area contributed by atoms with Gasteiger partial charge in [0, 0.05) is 0 Å². The fourth-order valence-corrected chi connectivity index (χ4v) is 3.80. The third-order valence-corrected chi connectivity index (χ3v) is 5.08. The van der Waals surface area contributed by atoms with Gasteiger partial charge < -0.3 is 14.3 Å². The maximum atomic E-state index is 12.6. The molecule has 7 heteroatoms. The predicted octanol–water partition coefficient (Wildman–Crippen LogP) is 2.40. The number of aliphatic carboxylic acids is 1. The summed E-state index contributed by atoms with van der Waals surface area (Å²) in [5.41, 5.74) is 0.789. The first kappa shape index (κ1) is 18.2. The van der Waals surface area contributed by atoms with Crippen molar-refractivity contribution < 1.29 is 19.1 Å². The van der Waals surface area contributed by atoms with Crippen molar-refractivity contribution in [2.45, 2.75) is 12.5 Å². The van der Waals surface area contributed by atoms with Crippen LogP contribution in [-0.4, -0.2) is 27.1 Å². The van der Waals surface area contributed by atoms with Crippen molar-refractivity contribution in [2.75, 3.05) is 0 Å². The number of carbonyl (C=O) groups excluding carboxylic acids is 2. The molecule has 1 amide bonds. The first-order valence-electron chi connectivity index (χ1n) is 7.78. The number of hydrogen-bond acceptors (Lipinski definition) is 6. The van der Waals surface area contributed by atoms with Gasteiger partial charge in [-0.05, 0) is 36.3 Å². The quantitative estimate of drug-likeness (QED) is 0.562. The summed E-state index contributed by atoms with van der Waals surface area (Å²) in [6.45, 7) is 0. The summed E-state index contributed by atoms with van der Waals surface area (Å²) >= 11 is 6.30. The van der Waals surface area contributed by atoms with Gasteiger partial charge in [-0.15, -0.1) is 0 Å². The maximum Gasteiger partial charge on any atom is 0.266 e. The number of nitrogens with zero attached hydrogens (tertiary/aromatic N) is 1. The third kappa shape index (κ3) is 4.12. The van der Waals surface area contributed by atoms with Crippen LogP contribution in [0.5, 0.6) is 0 Å². The number of hydrogen-bond donors (Lipinski definition) is 0. The molecule has 1 aromatic carbocycles. The van der Waals surface area contributed by atoms with Crippen LogP contribution in [0.3, 0.4) is 0 Å². The van der Waals surface area contributed by atoms with Gasteiger partial charge in [-0.1, -0.05) is 60.4 Å². The van der Waals surface area contributed by atoms with Gasteiger partial charge in [0.2, 0.25) is 0 Å². The van der Waals surface area contributed by atoms with E-state index in [-0.39, 0.29) is 10.7 Å². The van der Waals surface area contributed by atoms with E-state index in [1.165, 1.54) is 0 Å². The predicted molar refractivity (Wildman–Crippen MR) is 102 cm³/mol. The number of furan rings is 1. The number of carbonyl (C=O) groups is 2. The average molecular weight is 384 g/mol. The summed E-state index contributed by atoms with van der Waals surface area (Å²) in [5, 5.41) is 11.6. The number of thiocarbonyl (C=S) groups is 1. The maximum absolute atomic E-state index is 12.6. The number of carboxylic acid groups (broad SMARTS) is 1. The lowest BCUT2D eigenvalue weighted by molar-refractivity contribution is -0.310. The normalized spacial score (nSPS) is 17.4. The number of allylic oxidation sites excluding steroid dienone is 2. The van der Waals surface area contributed by atoms with Crippen molar-refractivity contribution >= 4 is 46.3 Å². The first-order chi connectivity index (χ1) is 12.6. The molecule has 1 fully saturated rings. The van der Waals surface area contributed by atoms with Crippen LogP contribution in [0.25, 0.3) is 6.08 Å². The van der Waals surface area contributed by atoms with Gasteiger partial charge in [-0.3, -0.25) is 9.69 Å². The van der Waals surface area contributed by atoms with Crippen molar-refractivity contribution in [2.24, 2.45) is 0 Å². The lowest BCUT2D eigenvalue weighted by Gasteiger charge is -2.27. The van der Waals surface area contributed by atoms with E-state index in [2.05, 4.69) is 0 Å². The van der Waals surface area contributed by atoms with E-state index in [4.69, 9.17) is 16.6 Å². The molecule has 132 valence electrons. The fourth-order valence-electron chi connectivity index (χ4n) is 2.50. The zero-order chi connectivity index (χ0) is 18.5. The van der Waals surface area contributed by atoms with Gasteiger partial charge in [0.05, 0.1) is 23.2 Å². The minimum atomic E-state index is -1.34. The number of rotatable bonds is 6. The van der Waals surface area contributed by atoms with Crippen LogP contribution < -0.4 is 5.11 Å². The second-order valence-electron chi connectivity index (χ2n) is 5.47. The Labute approximate surface area is 160 Å². The molecule has 0 aliphatic carbocycles. The Bertz CT molecular complexity index is 872. The molecule has 0 radical (unpaired) electrons. The standard InChI is InChI=1S/C19H15NO4S2/c21-17-16(10-4-8-14-9-5-11-24-14)26-19(25)20(17)15(18(22)23)12-13-6-2-1-3-7-13/h1-11,15H,12H2,(H,22,23)/p-1/b8-4+,16-10-/t15-/m0/s1. The molecule has 1 aromatic heterocycles. The van der Waals surface area contributed by atoms with Crippen LogP contribution in [0.15, 0.2) is 70.2 Å². The van der Waals surface area contributed by atoms with E-state index < -0.39 is 17.9 Å². The monoisotopic (exact) mass is 384 g/mol. The minimum Gasteiger partial charge on any atom is -0.548 e. The Morgan fingerprint density at radius 3 is 2.69 bits per heavy atom. The molecule has 0 spiro atoms. The van der Waals surface area contributed by atoms with Crippen molar-refractivity contribution in [3.8, 4) is 0 Å². The molecule has 26 heavy (non-hydrogen) atoms. The largest absolute Gasteiger partial charge is 0.548 e. The van der Waals surface area contributed by atoms with Gasteiger partial charge in [0.15, 0.2) is 0 Å². The zero-order valence-electron chi connectivity index (χ0n) is 13.5. The van der Waals surface area contributed by atoms with E-state index in [1.54, 1.807) is 48.8 Å². The lowest BCUT2D eigenvalue weighted by atomic mass is 10.0. The number of carboxylic acids is 1. The smallest absolute Gasteiger partial charge is 0.266 e. The molecular weight excluding hydrogens is 370 g/mol. The van der Waals surface area contributed by atoms with E-state index in [1.807, 2.05) is 18.2 Å². The zero-order valence-corrected chi connectivity index (χ0v) is 15.2. The van der Waals surface area contributed by atoms with Crippen molar-refractivity contribution in [1.29, 1.82) is 0 Å². The average Bonchev–Trinajstić information content (AvgIpc) is 3.23. The van der Waals surface area contributed by atoms with E-state index in [0.29, 0.717) is 10.7 Å². The fraction of sp³-hybridized carbons (Fsp3) is 0.105. The highest BCUT2D eigenvalue weighted by atomic mass is 32.2. The highest BCUT2D eigenvalue weighted by Gasteiger charge is 2.37. The van der Waals surface area contributed by atoms with Crippen LogP contribution >= 0.6 is 24.0 Å². The molecule has 1 aliphatic heterocycles. The summed E-state index contributed by atoms with van der Waals surface area (Å²) in [6.07, 6.45) is 6.64. The molecule has 0 N–H and O–H groups in total. The molecule has 1 atom stereocenters. The van der Waals surface area contributed by atoms with Crippen molar-refractivity contribution in [1.82, 2.24) is 4.90 Å². The summed E-state index contributed by atoms with van der Waals surface area (Å²) in [5.74, 6) is -1.12. The van der Waals surface area contributed by atoms with Crippen LogP contribution in [0.1, 0.15) is 11.3 Å². The van der Waals surface area contributed by atoms with E-state index >= 15 is 0 Å². The second-order valence-corrected chi connectivity index (χ2v) is 7.15. The summed E-state index contributed by atoms with van der Waals surface area (Å²) in [4.78, 5) is 25.8. The number of thioether (sulfide) groups is 1. The van der Waals surface area contributed by atoms with Gasteiger partial charge in [0.1, 0.15) is 10.1 Å². The molecule has 0 bridgehead atoms. The van der Waals surface area contributed by atoms with Crippen LogP contribution in [-0.2, 0) is 16.0 Å². The number of amides is 1. The molecule has 1 saturated heterocycles. The van der Waals surface area contributed by atoms with Crippen LogP contribution in [0.2, 0.25) is 0 Å². The van der Waals surface area contributed by atoms with Crippen LogP contribution in [0.4, 0.5) is 0 Å². The SMILES string of the molecule is O=C([O-])[C@H](Cc1ccccc1)N1C(=O)/C(=C/C=C/c2ccco2)SC1=S. The second kappa shape index (κ2) is 8.16. The lowest BCUT2D eigenvalue weighted by Crippen LogP contribution is -2.51. The molecule has 0 unspecified atom stereocenters. The Balaban J connectivity index is 1.79. The molecular formula is C19H14NO4S2-. The Kier molecular flexibility index (Phi) is 5.70. The van der Waals surface area contributed by atoms with Gasteiger partial charge >= 0.3 is 0 Å². The first-order valence-corrected chi connectivity index (χ1v) is 9.01. The molecule has 5 nitrogen and oxygen atoms in total. The molecule has 2 aromatic rings. The van der Waals surface area contributed by atoms with Crippen LogP contribution in [0, 0.1) is 0 Å². The third-order valence-electron chi connectivity index (χ3n) is 3.73. The van der Waals surface area contributed by atoms with Gasteiger partial charge in [-0.2, -0.15) is 0 Å². The Morgan fingerprint density at radius 1 is 1.27 bits per heavy atom. The summed E-state index contributed by atoms with van der Waals surface area (Å²) in [6, 6.07) is 11.5. The van der Waals surface area contributed by atoms with E-state index in [9.17, 15) is 14.7 Å².